The van der Waals surface area contributed by atoms with Gasteiger partial charge in [0.1, 0.15) is 0 Å². The Hall–Kier alpha value is -1.75. The molecule has 1 aliphatic heterocycles. The van der Waals surface area contributed by atoms with E-state index in [0.717, 1.165) is 35.2 Å². The summed E-state index contributed by atoms with van der Waals surface area (Å²) in [7, 11) is 0. The lowest BCUT2D eigenvalue weighted by Crippen LogP contribution is -2.65. The molecule has 5 nitrogen and oxygen atoms in total. The summed E-state index contributed by atoms with van der Waals surface area (Å²) in [6.45, 7) is 2.42. The number of benzene rings is 1. The van der Waals surface area contributed by atoms with E-state index in [2.05, 4.69) is 50.3 Å². The Morgan fingerprint density at radius 3 is 2.15 bits per heavy atom. The number of hydrogen-bond acceptors (Lipinski definition) is 4. The molecule has 1 aromatic carbocycles. The van der Waals surface area contributed by atoms with Crippen LogP contribution in [0.25, 0.3) is 5.69 Å². The fraction of sp³-hybridized carbons (Fsp3) is 0.682. The molecule has 27 heavy (non-hydrogen) atoms. The molecular formula is C22H29N5. The van der Waals surface area contributed by atoms with Gasteiger partial charge in [-0.15, -0.1) is 5.10 Å². The highest BCUT2D eigenvalue weighted by Gasteiger charge is 2.62. The Morgan fingerprint density at radius 1 is 0.815 bits per heavy atom. The summed E-state index contributed by atoms with van der Waals surface area (Å²) >= 11 is 0. The molecule has 7 rings (SSSR count). The number of aromatic nitrogens is 4. The van der Waals surface area contributed by atoms with Gasteiger partial charge < -0.3 is 0 Å². The van der Waals surface area contributed by atoms with Gasteiger partial charge >= 0.3 is 0 Å². The van der Waals surface area contributed by atoms with E-state index in [0.29, 0.717) is 0 Å². The quantitative estimate of drug-likeness (QED) is 0.832. The number of likely N-dealkylation sites (tertiary alicyclic amines) is 1. The third-order valence-corrected chi connectivity index (χ3v) is 8.09. The predicted molar refractivity (Wildman–Crippen MR) is 103 cm³/mol. The lowest BCUT2D eigenvalue weighted by atomic mass is 9.47. The van der Waals surface area contributed by atoms with E-state index >= 15 is 0 Å². The second-order valence-electron chi connectivity index (χ2n) is 9.43. The second kappa shape index (κ2) is 6.13. The maximum atomic E-state index is 4.75. The van der Waals surface area contributed by atoms with Crippen molar-refractivity contribution < 1.29 is 0 Å². The van der Waals surface area contributed by atoms with Gasteiger partial charge in [-0.3, -0.25) is 4.90 Å². The predicted octanol–water partition coefficient (Wildman–Crippen LogP) is 3.80. The summed E-state index contributed by atoms with van der Waals surface area (Å²) in [5.74, 6) is 4.47. The van der Waals surface area contributed by atoms with Crippen molar-refractivity contribution in [3.63, 3.8) is 0 Å². The smallest absolute Gasteiger partial charge is 0.177 e. The van der Waals surface area contributed by atoms with Crippen molar-refractivity contribution in [2.24, 2.45) is 23.7 Å². The van der Waals surface area contributed by atoms with Crippen LogP contribution in [0.4, 0.5) is 0 Å². The van der Waals surface area contributed by atoms with E-state index in [1.165, 1.54) is 64.5 Å². The molecule has 0 spiro atoms. The van der Waals surface area contributed by atoms with E-state index in [4.69, 9.17) is 5.10 Å². The highest BCUT2D eigenvalue weighted by atomic mass is 15.6. The molecular weight excluding hydrogens is 334 g/mol. The summed E-state index contributed by atoms with van der Waals surface area (Å²) in [4.78, 5) is 2.83. The Bertz CT molecular complexity index is 774. The average molecular weight is 364 g/mol. The van der Waals surface area contributed by atoms with Gasteiger partial charge in [0.2, 0.25) is 0 Å². The maximum Gasteiger partial charge on any atom is 0.177 e. The molecule has 5 fully saturated rings. The number of rotatable bonds is 3. The monoisotopic (exact) mass is 363 g/mol. The van der Waals surface area contributed by atoms with Crippen LogP contribution < -0.4 is 0 Å². The van der Waals surface area contributed by atoms with E-state index in [1.807, 2.05) is 0 Å². The Labute approximate surface area is 161 Å². The van der Waals surface area contributed by atoms with Crippen molar-refractivity contribution in [3.8, 4) is 5.69 Å². The highest BCUT2D eigenvalue weighted by molar-refractivity contribution is 5.33. The zero-order chi connectivity index (χ0) is 17.8. The molecule has 142 valence electrons. The van der Waals surface area contributed by atoms with Crippen molar-refractivity contribution in [2.45, 2.75) is 56.9 Å². The molecule has 1 aromatic heterocycles. The maximum absolute atomic E-state index is 4.75. The number of hydrogen-bond donors (Lipinski definition) is 0. The number of piperidine rings is 1. The van der Waals surface area contributed by atoms with Crippen LogP contribution >= 0.6 is 0 Å². The van der Waals surface area contributed by atoms with Crippen LogP contribution in [0.2, 0.25) is 0 Å². The Morgan fingerprint density at radius 2 is 1.48 bits per heavy atom. The van der Waals surface area contributed by atoms with Crippen LogP contribution in [0.5, 0.6) is 0 Å². The Kier molecular flexibility index (Phi) is 3.68. The number of nitrogens with zero attached hydrogens (tertiary/aromatic N) is 5. The van der Waals surface area contributed by atoms with E-state index in [1.54, 1.807) is 0 Å². The first kappa shape index (κ1) is 16.2. The minimum atomic E-state index is 0.0488. The van der Waals surface area contributed by atoms with Gasteiger partial charge in [0.15, 0.2) is 5.82 Å². The lowest BCUT2D eigenvalue weighted by molar-refractivity contribution is -0.152. The first-order valence-electron chi connectivity index (χ1n) is 10.9. The largest absolute Gasteiger partial charge is 0.290 e. The number of tetrazole rings is 1. The molecule has 0 amide bonds. The molecule has 4 bridgehead atoms. The van der Waals surface area contributed by atoms with Crippen molar-refractivity contribution in [1.29, 1.82) is 0 Å². The second-order valence-corrected chi connectivity index (χ2v) is 9.43. The molecule has 0 radical (unpaired) electrons. The van der Waals surface area contributed by atoms with Gasteiger partial charge in [0.05, 0.1) is 11.2 Å². The zero-order valence-electron chi connectivity index (χ0n) is 16.0. The normalized spacial score (nSPS) is 38.4. The lowest BCUT2D eigenvalue weighted by Gasteiger charge is -2.64. The molecule has 0 unspecified atom stereocenters. The van der Waals surface area contributed by atoms with Crippen molar-refractivity contribution >= 4 is 0 Å². The minimum absolute atomic E-state index is 0.0488. The molecule has 5 heteroatoms. The van der Waals surface area contributed by atoms with Crippen LogP contribution in [-0.4, -0.2) is 38.2 Å². The zero-order valence-corrected chi connectivity index (χ0v) is 16.0. The molecule has 0 atom stereocenters. The third kappa shape index (κ3) is 2.30. The van der Waals surface area contributed by atoms with Crippen LogP contribution in [-0.2, 0) is 5.54 Å². The van der Waals surface area contributed by atoms with Gasteiger partial charge in [-0.25, -0.2) is 0 Å². The van der Waals surface area contributed by atoms with E-state index in [9.17, 15) is 0 Å². The van der Waals surface area contributed by atoms with Crippen molar-refractivity contribution in [2.75, 3.05) is 13.1 Å². The minimum Gasteiger partial charge on any atom is -0.290 e. The molecule has 1 saturated heterocycles. The van der Waals surface area contributed by atoms with Gasteiger partial charge in [-0.1, -0.05) is 24.6 Å². The summed E-state index contributed by atoms with van der Waals surface area (Å²) in [5, 5.41) is 13.4. The first-order chi connectivity index (χ1) is 13.4. The molecule has 5 aliphatic rings. The topological polar surface area (TPSA) is 46.8 Å². The molecule has 4 aliphatic carbocycles. The van der Waals surface area contributed by atoms with Gasteiger partial charge in [-0.05, 0) is 104 Å². The number of para-hydroxylation sites is 1. The summed E-state index contributed by atoms with van der Waals surface area (Å²) in [6, 6.07) is 10.5. The summed E-state index contributed by atoms with van der Waals surface area (Å²) in [6.07, 6.45) is 11.0. The Balaban J connectivity index is 1.52. The van der Waals surface area contributed by atoms with Gasteiger partial charge in [-0.2, -0.15) is 4.68 Å². The molecule has 2 aromatic rings. The van der Waals surface area contributed by atoms with Crippen LogP contribution in [0, 0.1) is 23.7 Å². The SMILES string of the molecule is c1ccc(-n2nnnc2C2(N3CCCCC3)C3CC4CC(C3)CC2C4)cc1. The molecule has 4 saturated carbocycles. The van der Waals surface area contributed by atoms with E-state index in [-0.39, 0.29) is 5.54 Å². The first-order valence-corrected chi connectivity index (χ1v) is 10.9. The van der Waals surface area contributed by atoms with Crippen LogP contribution in [0.3, 0.4) is 0 Å². The summed E-state index contributed by atoms with van der Waals surface area (Å²) < 4.78 is 2.07. The van der Waals surface area contributed by atoms with Crippen molar-refractivity contribution in [3.05, 3.63) is 36.2 Å². The highest BCUT2D eigenvalue weighted by Crippen LogP contribution is 2.64. The van der Waals surface area contributed by atoms with Gasteiger partial charge in [0, 0.05) is 0 Å². The summed E-state index contributed by atoms with van der Waals surface area (Å²) in [5.41, 5.74) is 1.15. The van der Waals surface area contributed by atoms with Gasteiger partial charge in [0.25, 0.3) is 0 Å². The van der Waals surface area contributed by atoms with Crippen molar-refractivity contribution in [1.82, 2.24) is 25.1 Å². The molecule has 2 heterocycles. The fourth-order valence-corrected chi connectivity index (χ4v) is 7.37. The average Bonchev–Trinajstić information content (AvgIpc) is 3.19. The fourth-order valence-electron chi connectivity index (χ4n) is 7.37. The van der Waals surface area contributed by atoms with E-state index < -0.39 is 0 Å². The third-order valence-electron chi connectivity index (χ3n) is 8.09. The molecule has 0 N–H and O–H groups in total. The van der Waals surface area contributed by atoms with Crippen LogP contribution in [0.15, 0.2) is 30.3 Å². The van der Waals surface area contributed by atoms with Crippen LogP contribution in [0.1, 0.15) is 57.2 Å². The standard InChI is InChI=1S/C22H29N5/c1-3-7-20(8-4-1)27-21(23-24-25-27)22(26-9-5-2-6-10-26)18-12-16-11-17(14-18)15-19(22)13-16/h1,3-4,7-8,16-19H,2,5-6,9-15H2.